The number of nitrogens with two attached hydrogens (primary N) is 1. The Bertz CT molecular complexity index is 768. The first-order chi connectivity index (χ1) is 9.53. The monoisotopic (exact) mass is 306 g/mol. The number of hydrogen-bond acceptors (Lipinski definition) is 4. The Morgan fingerprint density at radius 1 is 1.25 bits per heavy atom. The molecule has 0 saturated heterocycles. The molecule has 2 rings (SSSR count). The first kappa shape index (κ1) is 14.6. The van der Waals surface area contributed by atoms with Crippen molar-refractivity contribution in [3.8, 4) is 11.8 Å². The van der Waals surface area contributed by atoms with Crippen LogP contribution < -0.4 is 10.5 Å². The number of aryl methyl sites for hydroxylation is 1. The molecule has 0 bridgehead atoms. The number of sulfonamides is 1. The highest BCUT2D eigenvalue weighted by Gasteiger charge is 2.17. The van der Waals surface area contributed by atoms with Crippen LogP contribution in [0, 0.1) is 18.8 Å². The molecular weight excluding hydrogens is 292 g/mol. The van der Waals surface area contributed by atoms with E-state index in [4.69, 9.17) is 5.73 Å². The SMILES string of the molecule is Cc1ccc(S(=O)(=O)Nc2ccccc2C#CCN)s1. The molecule has 1 aromatic carbocycles. The minimum absolute atomic E-state index is 0.227. The van der Waals surface area contributed by atoms with Crippen molar-refractivity contribution in [2.75, 3.05) is 11.3 Å². The van der Waals surface area contributed by atoms with E-state index in [2.05, 4.69) is 16.6 Å². The molecule has 0 atom stereocenters. The normalized spacial score (nSPS) is 10.7. The second kappa shape index (κ2) is 6.09. The van der Waals surface area contributed by atoms with Crippen LogP contribution >= 0.6 is 11.3 Å². The Morgan fingerprint density at radius 2 is 2.00 bits per heavy atom. The van der Waals surface area contributed by atoms with Crippen molar-refractivity contribution >= 4 is 27.0 Å². The minimum atomic E-state index is -3.57. The molecule has 1 heterocycles. The van der Waals surface area contributed by atoms with E-state index in [9.17, 15) is 8.42 Å². The van der Waals surface area contributed by atoms with E-state index in [0.29, 0.717) is 11.3 Å². The summed E-state index contributed by atoms with van der Waals surface area (Å²) >= 11 is 1.23. The first-order valence-corrected chi connectivity index (χ1v) is 8.20. The van der Waals surface area contributed by atoms with Gasteiger partial charge in [-0.1, -0.05) is 24.0 Å². The van der Waals surface area contributed by atoms with Gasteiger partial charge in [-0.25, -0.2) is 8.42 Å². The van der Waals surface area contributed by atoms with Crippen LogP contribution in [0.1, 0.15) is 10.4 Å². The molecule has 0 aliphatic carbocycles. The van der Waals surface area contributed by atoms with E-state index < -0.39 is 10.0 Å². The van der Waals surface area contributed by atoms with Crippen molar-refractivity contribution in [3.05, 3.63) is 46.8 Å². The summed E-state index contributed by atoms with van der Waals surface area (Å²) < 4.78 is 27.4. The van der Waals surface area contributed by atoms with Crippen molar-refractivity contribution in [3.63, 3.8) is 0 Å². The van der Waals surface area contributed by atoms with Crippen LogP contribution in [0.25, 0.3) is 0 Å². The molecule has 1 aromatic heterocycles. The summed E-state index contributed by atoms with van der Waals surface area (Å²) in [5.41, 5.74) is 6.40. The third-order valence-corrected chi connectivity index (χ3v) is 5.34. The lowest BCUT2D eigenvalue weighted by atomic mass is 10.2. The molecule has 104 valence electrons. The van der Waals surface area contributed by atoms with Crippen molar-refractivity contribution in [2.45, 2.75) is 11.1 Å². The van der Waals surface area contributed by atoms with Crippen molar-refractivity contribution < 1.29 is 8.42 Å². The molecule has 6 heteroatoms. The standard InChI is InChI=1S/C14H14N2O2S2/c1-11-8-9-14(19-11)20(17,18)16-13-7-3-2-5-12(13)6-4-10-15/h2-3,5,7-9,16H,10,15H2,1H3. The van der Waals surface area contributed by atoms with Crippen LogP contribution in [0.15, 0.2) is 40.6 Å². The number of nitrogens with one attached hydrogen (secondary N) is 1. The van der Waals surface area contributed by atoms with Gasteiger partial charge in [-0.05, 0) is 31.2 Å². The highest BCUT2D eigenvalue weighted by molar-refractivity contribution is 7.94. The van der Waals surface area contributed by atoms with E-state index in [-0.39, 0.29) is 10.8 Å². The maximum atomic E-state index is 12.3. The Kier molecular flexibility index (Phi) is 4.45. The number of benzene rings is 1. The second-order valence-electron chi connectivity index (χ2n) is 4.02. The molecule has 0 amide bonds. The molecular formula is C14H14N2O2S2. The maximum Gasteiger partial charge on any atom is 0.271 e. The van der Waals surface area contributed by atoms with Crippen molar-refractivity contribution in [1.82, 2.24) is 0 Å². The topological polar surface area (TPSA) is 72.2 Å². The lowest BCUT2D eigenvalue weighted by molar-refractivity contribution is 0.603. The summed E-state index contributed by atoms with van der Waals surface area (Å²) in [7, 11) is -3.57. The summed E-state index contributed by atoms with van der Waals surface area (Å²) in [5.74, 6) is 5.57. The molecule has 4 nitrogen and oxygen atoms in total. The summed E-state index contributed by atoms with van der Waals surface area (Å²) in [6.45, 7) is 2.09. The van der Waals surface area contributed by atoms with Gasteiger partial charge in [0.15, 0.2) is 0 Å². The van der Waals surface area contributed by atoms with Gasteiger partial charge in [0, 0.05) is 10.4 Å². The summed E-state index contributed by atoms with van der Waals surface area (Å²) in [4.78, 5) is 0.946. The average molecular weight is 306 g/mol. The first-order valence-electron chi connectivity index (χ1n) is 5.90. The third kappa shape index (κ3) is 3.39. The van der Waals surface area contributed by atoms with Crippen LogP contribution in [0.5, 0.6) is 0 Å². The van der Waals surface area contributed by atoms with Crippen molar-refractivity contribution in [1.29, 1.82) is 0 Å². The highest BCUT2D eigenvalue weighted by Crippen LogP contribution is 2.24. The van der Waals surface area contributed by atoms with Gasteiger partial charge in [-0.3, -0.25) is 4.72 Å². The second-order valence-corrected chi connectivity index (χ2v) is 7.22. The average Bonchev–Trinajstić information content (AvgIpc) is 2.85. The summed E-state index contributed by atoms with van der Waals surface area (Å²) in [6, 6.07) is 10.4. The molecule has 2 aromatic rings. The Labute approximate surface area is 122 Å². The van der Waals surface area contributed by atoms with E-state index >= 15 is 0 Å². The van der Waals surface area contributed by atoms with Crippen LogP contribution in [-0.4, -0.2) is 15.0 Å². The Morgan fingerprint density at radius 3 is 2.65 bits per heavy atom. The molecule has 0 radical (unpaired) electrons. The quantitative estimate of drug-likeness (QED) is 0.854. The number of thiophene rings is 1. The van der Waals surface area contributed by atoms with E-state index in [1.165, 1.54) is 11.3 Å². The number of para-hydroxylation sites is 1. The maximum absolute atomic E-state index is 12.3. The molecule has 20 heavy (non-hydrogen) atoms. The molecule has 0 spiro atoms. The van der Waals surface area contributed by atoms with Gasteiger partial charge in [0.2, 0.25) is 0 Å². The number of rotatable bonds is 3. The van der Waals surface area contributed by atoms with E-state index in [0.717, 1.165) is 4.88 Å². The highest BCUT2D eigenvalue weighted by atomic mass is 32.2. The van der Waals surface area contributed by atoms with Gasteiger partial charge in [-0.2, -0.15) is 0 Å². The van der Waals surface area contributed by atoms with Gasteiger partial charge < -0.3 is 5.73 Å². The Hall–Kier alpha value is -1.81. The van der Waals surface area contributed by atoms with E-state index in [1.54, 1.807) is 36.4 Å². The lowest BCUT2D eigenvalue weighted by Gasteiger charge is -2.08. The Balaban J connectivity index is 2.35. The number of anilines is 1. The van der Waals surface area contributed by atoms with Gasteiger partial charge in [0.25, 0.3) is 10.0 Å². The van der Waals surface area contributed by atoms with Gasteiger partial charge >= 0.3 is 0 Å². The van der Waals surface area contributed by atoms with Crippen LogP contribution in [0.4, 0.5) is 5.69 Å². The fourth-order valence-electron chi connectivity index (χ4n) is 1.58. The minimum Gasteiger partial charge on any atom is -0.320 e. The van der Waals surface area contributed by atoms with Crippen molar-refractivity contribution in [2.24, 2.45) is 5.73 Å². The predicted octanol–water partition coefficient (Wildman–Crippen LogP) is 2.17. The van der Waals surface area contributed by atoms with E-state index in [1.807, 2.05) is 6.92 Å². The zero-order valence-electron chi connectivity index (χ0n) is 10.9. The zero-order chi connectivity index (χ0) is 14.6. The summed E-state index contributed by atoms with van der Waals surface area (Å²) in [5, 5.41) is 0. The van der Waals surface area contributed by atoms with Crippen LogP contribution in [-0.2, 0) is 10.0 Å². The van der Waals surface area contributed by atoms with Gasteiger partial charge in [0.05, 0.1) is 12.2 Å². The predicted molar refractivity (Wildman–Crippen MR) is 82.2 cm³/mol. The fraction of sp³-hybridized carbons (Fsp3) is 0.143. The molecule has 0 saturated carbocycles. The van der Waals surface area contributed by atoms with Crippen LogP contribution in [0.2, 0.25) is 0 Å². The lowest BCUT2D eigenvalue weighted by Crippen LogP contribution is -2.12. The summed E-state index contributed by atoms with van der Waals surface area (Å²) in [6.07, 6.45) is 0. The fourth-order valence-corrected chi connectivity index (χ4v) is 3.94. The third-order valence-electron chi connectivity index (χ3n) is 2.48. The van der Waals surface area contributed by atoms with Gasteiger partial charge in [-0.15, -0.1) is 11.3 Å². The molecule has 0 fully saturated rings. The van der Waals surface area contributed by atoms with Crippen LogP contribution in [0.3, 0.4) is 0 Å². The smallest absolute Gasteiger partial charge is 0.271 e. The molecule has 0 unspecified atom stereocenters. The largest absolute Gasteiger partial charge is 0.320 e. The molecule has 3 N–H and O–H groups in total. The van der Waals surface area contributed by atoms with Gasteiger partial charge in [0.1, 0.15) is 4.21 Å². The molecule has 0 aliphatic rings. The molecule has 0 aliphatic heterocycles. The number of hydrogen-bond donors (Lipinski definition) is 2. The zero-order valence-corrected chi connectivity index (χ0v) is 12.5.